The Balaban J connectivity index is 0. The molecule has 1 aromatic carbocycles. The van der Waals surface area contributed by atoms with Crippen LogP contribution in [0.2, 0.25) is 0 Å². The summed E-state index contributed by atoms with van der Waals surface area (Å²) in [6.45, 7) is 2.25. The van der Waals surface area contributed by atoms with Crippen LogP contribution in [0, 0.1) is 0 Å². The van der Waals surface area contributed by atoms with E-state index in [-0.39, 0.29) is 31.0 Å². The molecule has 0 atom stereocenters. The van der Waals surface area contributed by atoms with E-state index in [1.807, 2.05) is 18.2 Å². The minimum atomic E-state index is 0. The third kappa shape index (κ3) is 7.86. The fraction of sp³-hybridized carbons (Fsp3) is 0.600. The summed E-state index contributed by atoms with van der Waals surface area (Å²) in [7, 11) is 0. The number of para-hydroxylation sites is 1. The van der Waals surface area contributed by atoms with Gasteiger partial charge in [-0.15, -0.1) is 0 Å². The summed E-state index contributed by atoms with van der Waals surface area (Å²) < 4.78 is 0. The summed E-state index contributed by atoms with van der Waals surface area (Å²) in [4.78, 5) is 0. The van der Waals surface area contributed by atoms with E-state index >= 15 is 0 Å². The number of rotatable bonds is 8. The summed E-state index contributed by atoms with van der Waals surface area (Å²) in [5.41, 5.74) is 1.09. The summed E-state index contributed by atoms with van der Waals surface area (Å²) in [6.07, 6.45) is 10.3. The van der Waals surface area contributed by atoms with Crippen molar-refractivity contribution in [1.82, 2.24) is 0 Å². The molecule has 92 valence electrons. The molecule has 0 aliphatic carbocycles. The number of hydrogen-bond acceptors (Lipinski definition) is 1. The number of aryl methyl sites for hydroxylation is 1. The van der Waals surface area contributed by atoms with Crippen molar-refractivity contribution in [2.45, 2.75) is 58.3 Å². The third-order valence-corrected chi connectivity index (χ3v) is 3.04. The average molecular weight is 244 g/mol. The Morgan fingerprint density at radius 2 is 1.53 bits per heavy atom. The molecule has 1 aromatic rings. The molecule has 1 nitrogen and oxygen atoms in total. The van der Waals surface area contributed by atoms with Crippen LogP contribution in [0.5, 0.6) is 5.75 Å². The molecule has 0 aliphatic rings. The van der Waals surface area contributed by atoms with Gasteiger partial charge in [-0.05, 0) is 24.5 Å². The second-order valence-electron chi connectivity index (χ2n) is 4.50. The first-order valence-corrected chi connectivity index (χ1v) is 6.61. The van der Waals surface area contributed by atoms with Gasteiger partial charge in [0, 0.05) is 0 Å². The second kappa shape index (κ2) is 11.1. The molecule has 0 heterocycles. The van der Waals surface area contributed by atoms with E-state index in [2.05, 4.69) is 6.92 Å². The van der Waals surface area contributed by atoms with Gasteiger partial charge in [0.05, 0.1) is 0 Å². The fourth-order valence-corrected chi connectivity index (χ4v) is 1.99. The number of phenolic OH excluding ortho intramolecular Hbond substituents is 1. The van der Waals surface area contributed by atoms with Crippen molar-refractivity contribution >= 4 is 0 Å². The van der Waals surface area contributed by atoms with Gasteiger partial charge >= 0.3 is 29.6 Å². The first-order valence-electron chi connectivity index (χ1n) is 6.61. The molecular formula is C15H25NaO. The zero-order valence-electron chi connectivity index (χ0n) is 12.4. The van der Waals surface area contributed by atoms with E-state index < -0.39 is 0 Å². The van der Waals surface area contributed by atoms with Crippen molar-refractivity contribution in [3.8, 4) is 5.75 Å². The number of hydrogen-bond donors (Lipinski definition) is 1. The van der Waals surface area contributed by atoms with E-state index in [9.17, 15) is 5.11 Å². The molecule has 17 heavy (non-hydrogen) atoms. The first kappa shape index (κ1) is 17.0. The smallest absolute Gasteiger partial charge is 1.00 e. The molecular weight excluding hydrogens is 219 g/mol. The second-order valence-corrected chi connectivity index (χ2v) is 4.50. The van der Waals surface area contributed by atoms with Gasteiger partial charge in [-0.3, -0.25) is 0 Å². The predicted octanol–water partition coefficient (Wildman–Crippen LogP) is 1.80. The first-order chi connectivity index (χ1) is 7.84. The zero-order valence-corrected chi connectivity index (χ0v) is 13.4. The van der Waals surface area contributed by atoms with Crippen LogP contribution in [0.1, 0.15) is 58.9 Å². The molecule has 0 bridgehead atoms. The van der Waals surface area contributed by atoms with Gasteiger partial charge in [0.1, 0.15) is 5.75 Å². The van der Waals surface area contributed by atoms with E-state index in [1.54, 1.807) is 6.07 Å². The van der Waals surface area contributed by atoms with Gasteiger partial charge in [0.25, 0.3) is 0 Å². The monoisotopic (exact) mass is 244 g/mol. The number of unbranched alkanes of at least 4 members (excludes halogenated alkanes) is 6. The Kier molecular flexibility index (Phi) is 11.1. The van der Waals surface area contributed by atoms with E-state index in [0.29, 0.717) is 5.75 Å². The van der Waals surface area contributed by atoms with Crippen molar-refractivity contribution in [3.63, 3.8) is 0 Å². The number of phenols is 1. The summed E-state index contributed by atoms with van der Waals surface area (Å²) in [5.74, 6) is 0.452. The van der Waals surface area contributed by atoms with Crippen LogP contribution in [0.25, 0.3) is 0 Å². The van der Waals surface area contributed by atoms with Crippen molar-refractivity contribution in [1.29, 1.82) is 0 Å². The van der Waals surface area contributed by atoms with Crippen molar-refractivity contribution < 1.29 is 36.1 Å². The van der Waals surface area contributed by atoms with Crippen LogP contribution in [-0.2, 0) is 6.42 Å². The number of aromatic hydroxyl groups is 1. The summed E-state index contributed by atoms with van der Waals surface area (Å²) in [6, 6.07) is 7.67. The van der Waals surface area contributed by atoms with E-state index in [1.165, 1.54) is 44.9 Å². The Morgan fingerprint density at radius 1 is 0.941 bits per heavy atom. The van der Waals surface area contributed by atoms with Gasteiger partial charge in [-0.2, -0.15) is 0 Å². The third-order valence-electron chi connectivity index (χ3n) is 3.04. The molecule has 0 fully saturated rings. The Hall–Kier alpha value is 0.0200. The van der Waals surface area contributed by atoms with Gasteiger partial charge < -0.3 is 6.53 Å². The summed E-state index contributed by atoms with van der Waals surface area (Å²) in [5, 5.41) is 9.58. The fourth-order valence-electron chi connectivity index (χ4n) is 1.99. The topological polar surface area (TPSA) is 20.2 Å². The Bertz CT molecular complexity index is 292. The minimum absolute atomic E-state index is 0. The Morgan fingerprint density at radius 3 is 2.18 bits per heavy atom. The van der Waals surface area contributed by atoms with Crippen LogP contribution >= 0.6 is 0 Å². The molecule has 0 aromatic heterocycles. The van der Waals surface area contributed by atoms with Crippen LogP contribution in [0.3, 0.4) is 0 Å². The summed E-state index contributed by atoms with van der Waals surface area (Å²) >= 11 is 0. The molecule has 0 saturated carbocycles. The Labute approximate surface area is 129 Å². The van der Waals surface area contributed by atoms with Gasteiger partial charge in [-0.1, -0.05) is 63.6 Å². The SMILES string of the molecule is CCCCCCCCCc1ccccc1O.[H-].[Na+]. The molecule has 0 spiro atoms. The van der Waals surface area contributed by atoms with Gasteiger partial charge in [-0.25, -0.2) is 0 Å². The van der Waals surface area contributed by atoms with Crippen LogP contribution in [-0.4, -0.2) is 5.11 Å². The van der Waals surface area contributed by atoms with Crippen LogP contribution in [0.15, 0.2) is 24.3 Å². The van der Waals surface area contributed by atoms with Crippen molar-refractivity contribution in [2.75, 3.05) is 0 Å². The zero-order chi connectivity index (χ0) is 11.6. The number of benzene rings is 1. The maximum Gasteiger partial charge on any atom is 1.00 e. The largest absolute Gasteiger partial charge is 1.00 e. The maximum absolute atomic E-state index is 9.58. The molecule has 0 unspecified atom stereocenters. The van der Waals surface area contributed by atoms with Gasteiger partial charge in [0.15, 0.2) is 0 Å². The maximum atomic E-state index is 9.58. The quantitative estimate of drug-likeness (QED) is 0.546. The molecule has 0 amide bonds. The van der Waals surface area contributed by atoms with Crippen LogP contribution in [0.4, 0.5) is 0 Å². The predicted molar refractivity (Wildman–Crippen MR) is 70.9 cm³/mol. The normalized spacial score (nSPS) is 9.94. The van der Waals surface area contributed by atoms with E-state index in [4.69, 9.17) is 0 Å². The molecule has 0 saturated heterocycles. The van der Waals surface area contributed by atoms with Gasteiger partial charge in [0.2, 0.25) is 0 Å². The van der Waals surface area contributed by atoms with Crippen LogP contribution < -0.4 is 29.6 Å². The van der Waals surface area contributed by atoms with E-state index in [0.717, 1.165) is 12.0 Å². The van der Waals surface area contributed by atoms with Crippen molar-refractivity contribution in [2.24, 2.45) is 0 Å². The standard InChI is InChI=1S/C15H24O.Na.H/c1-2-3-4-5-6-7-8-11-14-12-9-10-13-15(14)16;;/h9-10,12-13,16H,2-8,11H2,1H3;;/q;+1;-1. The average Bonchev–Trinajstić information content (AvgIpc) is 2.30. The molecule has 0 radical (unpaired) electrons. The molecule has 1 N–H and O–H groups in total. The van der Waals surface area contributed by atoms with Crippen molar-refractivity contribution in [3.05, 3.63) is 29.8 Å². The molecule has 2 heteroatoms. The minimum Gasteiger partial charge on any atom is -1.00 e. The molecule has 0 aliphatic heterocycles. The molecule has 1 rings (SSSR count).